The van der Waals surface area contributed by atoms with Gasteiger partial charge in [-0.1, -0.05) is 41.9 Å². The Bertz CT molecular complexity index is 593. The Hall–Kier alpha value is -1.32. The first-order chi connectivity index (χ1) is 10.0. The molecule has 2 rings (SSSR count). The Morgan fingerprint density at radius 2 is 1.76 bits per heavy atom. The Morgan fingerprint density at radius 1 is 1.10 bits per heavy atom. The van der Waals surface area contributed by atoms with Gasteiger partial charge in [0.05, 0.1) is 0 Å². The summed E-state index contributed by atoms with van der Waals surface area (Å²) >= 11 is 3.47. The molecule has 0 saturated heterocycles. The van der Waals surface area contributed by atoms with Crippen molar-refractivity contribution in [3.63, 3.8) is 0 Å². The van der Waals surface area contributed by atoms with Gasteiger partial charge in [0.2, 0.25) is 0 Å². The molecular weight excluding hydrogens is 326 g/mol. The van der Waals surface area contributed by atoms with E-state index in [0.29, 0.717) is 5.92 Å². The minimum Gasteiger partial charge on any atom is -0.457 e. The van der Waals surface area contributed by atoms with E-state index in [-0.39, 0.29) is 6.04 Å². The highest BCUT2D eigenvalue weighted by Crippen LogP contribution is 2.32. The first kappa shape index (κ1) is 16.1. The van der Waals surface area contributed by atoms with Gasteiger partial charge in [0.25, 0.3) is 0 Å². The quantitative estimate of drug-likeness (QED) is 0.744. The zero-order chi connectivity index (χ0) is 15.4. The molecule has 2 aromatic carbocycles. The van der Waals surface area contributed by atoms with E-state index in [1.165, 1.54) is 5.56 Å². The largest absolute Gasteiger partial charge is 0.457 e. The molecule has 0 aliphatic rings. The molecule has 0 saturated carbocycles. The van der Waals surface area contributed by atoms with Crippen molar-refractivity contribution in [1.29, 1.82) is 0 Å². The molecule has 21 heavy (non-hydrogen) atoms. The van der Waals surface area contributed by atoms with Crippen LogP contribution in [0.15, 0.2) is 46.9 Å². The standard InChI is InChI=1S/C18H22BrNO/c1-4-12(2)14-5-8-16(9-6-14)21-18-10-7-15(19)11-17(18)13(3)20/h5-13H,4,20H2,1-3H3. The highest BCUT2D eigenvalue weighted by atomic mass is 79.9. The van der Waals surface area contributed by atoms with Crippen molar-refractivity contribution in [3.05, 3.63) is 58.1 Å². The summed E-state index contributed by atoms with van der Waals surface area (Å²) < 4.78 is 7.00. The molecule has 2 atom stereocenters. The fraction of sp³-hybridized carbons (Fsp3) is 0.333. The molecule has 0 bridgehead atoms. The summed E-state index contributed by atoms with van der Waals surface area (Å²) in [6.07, 6.45) is 1.14. The summed E-state index contributed by atoms with van der Waals surface area (Å²) in [5.41, 5.74) is 8.35. The SMILES string of the molecule is CCC(C)c1ccc(Oc2ccc(Br)cc2C(C)N)cc1. The molecule has 2 aromatic rings. The van der Waals surface area contributed by atoms with Gasteiger partial charge in [0, 0.05) is 16.1 Å². The second kappa shape index (κ2) is 7.10. The third-order valence-electron chi connectivity index (χ3n) is 3.75. The van der Waals surface area contributed by atoms with Crippen LogP contribution in [-0.2, 0) is 0 Å². The second-order valence-corrected chi connectivity index (χ2v) is 6.37. The van der Waals surface area contributed by atoms with Gasteiger partial charge in [-0.05, 0) is 55.2 Å². The van der Waals surface area contributed by atoms with E-state index in [4.69, 9.17) is 10.5 Å². The smallest absolute Gasteiger partial charge is 0.132 e. The molecule has 0 fully saturated rings. The Kier molecular flexibility index (Phi) is 5.43. The van der Waals surface area contributed by atoms with Crippen LogP contribution in [0.3, 0.4) is 0 Å². The van der Waals surface area contributed by atoms with Crippen LogP contribution in [0.2, 0.25) is 0 Å². The van der Waals surface area contributed by atoms with Crippen molar-refractivity contribution in [2.45, 2.75) is 39.2 Å². The monoisotopic (exact) mass is 347 g/mol. The number of ether oxygens (including phenoxy) is 1. The molecule has 2 unspecified atom stereocenters. The van der Waals surface area contributed by atoms with E-state index < -0.39 is 0 Å². The van der Waals surface area contributed by atoms with Gasteiger partial charge < -0.3 is 10.5 Å². The van der Waals surface area contributed by atoms with Crippen molar-refractivity contribution in [1.82, 2.24) is 0 Å². The Balaban J connectivity index is 2.22. The Labute approximate surface area is 135 Å². The lowest BCUT2D eigenvalue weighted by atomic mass is 9.99. The number of benzene rings is 2. The van der Waals surface area contributed by atoms with Crippen molar-refractivity contribution in [3.8, 4) is 11.5 Å². The molecule has 0 aromatic heterocycles. The maximum Gasteiger partial charge on any atom is 0.132 e. The number of halogens is 1. The second-order valence-electron chi connectivity index (χ2n) is 5.45. The molecule has 0 spiro atoms. The predicted octanol–water partition coefficient (Wildman–Crippen LogP) is 5.77. The molecule has 0 aliphatic heterocycles. The van der Waals surface area contributed by atoms with Gasteiger partial charge >= 0.3 is 0 Å². The van der Waals surface area contributed by atoms with Crippen molar-refractivity contribution < 1.29 is 4.74 Å². The average molecular weight is 348 g/mol. The number of hydrogen-bond donors (Lipinski definition) is 1. The van der Waals surface area contributed by atoms with Crippen LogP contribution < -0.4 is 10.5 Å². The van der Waals surface area contributed by atoms with E-state index in [1.807, 2.05) is 37.3 Å². The summed E-state index contributed by atoms with van der Waals surface area (Å²) in [5, 5.41) is 0. The van der Waals surface area contributed by atoms with E-state index in [9.17, 15) is 0 Å². The predicted molar refractivity (Wildman–Crippen MR) is 92.0 cm³/mol. The van der Waals surface area contributed by atoms with Crippen LogP contribution >= 0.6 is 15.9 Å². The minimum absolute atomic E-state index is 0.0723. The Morgan fingerprint density at radius 3 is 2.33 bits per heavy atom. The van der Waals surface area contributed by atoms with Crippen molar-refractivity contribution in [2.75, 3.05) is 0 Å². The normalized spacial score (nSPS) is 13.8. The molecule has 0 amide bonds. The first-order valence-electron chi connectivity index (χ1n) is 7.34. The minimum atomic E-state index is -0.0723. The molecule has 0 radical (unpaired) electrons. The lowest BCUT2D eigenvalue weighted by molar-refractivity contribution is 0.471. The maximum atomic E-state index is 6.02. The van der Waals surface area contributed by atoms with Gasteiger partial charge in [-0.15, -0.1) is 0 Å². The summed E-state index contributed by atoms with van der Waals surface area (Å²) in [6, 6.07) is 14.2. The van der Waals surface area contributed by atoms with Crippen LogP contribution in [0, 0.1) is 0 Å². The topological polar surface area (TPSA) is 35.2 Å². The third-order valence-corrected chi connectivity index (χ3v) is 4.24. The summed E-state index contributed by atoms with van der Waals surface area (Å²) in [7, 11) is 0. The molecule has 112 valence electrons. The summed E-state index contributed by atoms with van der Waals surface area (Å²) in [4.78, 5) is 0. The summed E-state index contributed by atoms with van der Waals surface area (Å²) in [6.45, 7) is 6.39. The summed E-state index contributed by atoms with van der Waals surface area (Å²) in [5.74, 6) is 2.22. The maximum absolute atomic E-state index is 6.02. The van der Waals surface area contributed by atoms with Crippen molar-refractivity contribution in [2.24, 2.45) is 5.73 Å². The van der Waals surface area contributed by atoms with Crippen LogP contribution in [0.5, 0.6) is 11.5 Å². The van der Waals surface area contributed by atoms with Gasteiger partial charge in [-0.25, -0.2) is 0 Å². The molecule has 2 nitrogen and oxygen atoms in total. The van der Waals surface area contributed by atoms with Crippen molar-refractivity contribution >= 4 is 15.9 Å². The number of nitrogens with two attached hydrogens (primary N) is 1. The van der Waals surface area contributed by atoms with Gasteiger partial charge in [-0.2, -0.15) is 0 Å². The van der Waals surface area contributed by atoms with Crippen LogP contribution in [0.4, 0.5) is 0 Å². The van der Waals surface area contributed by atoms with Crippen LogP contribution in [-0.4, -0.2) is 0 Å². The molecule has 3 heteroatoms. The number of rotatable bonds is 5. The number of hydrogen-bond acceptors (Lipinski definition) is 2. The molecule has 0 heterocycles. The highest BCUT2D eigenvalue weighted by molar-refractivity contribution is 9.10. The van der Waals surface area contributed by atoms with E-state index in [0.717, 1.165) is 28.0 Å². The zero-order valence-electron chi connectivity index (χ0n) is 12.8. The van der Waals surface area contributed by atoms with Gasteiger partial charge in [-0.3, -0.25) is 0 Å². The van der Waals surface area contributed by atoms with Gasteiger partial charge in [0.15, 0.2) is 0 Å². The lowest BCUT2D eigenvalue weighted by Gasteiger charge is -2.15. The molecular formula is C18H22BrNO. The van der Waals surface area contributed by atoms with Crippen LogP contribution in [0.1, 0.15) is 50.3 Å². The van der Waals surface area contributed by atoms with E-state index >= 15 is 0 Å². The highest BCUT2D eigenvalue weighted by Gasteiger charge is 2.10. The average Bonchev–Trinajstić information content (AvgIpc) is 2.49. The molecule has 0 aliphatic carbocycles. The fourth-order valence-corrected chi connectivity index (χ4v) is 2.57. The van der Waals surface area contributed by atoms with Gasteiger partial charge in [0.1, 0.15) is 11.5 Å². The third kappa shape index (κ3) is 4.08. The van der Waals surface area contributed by atoms with E-state index in [1.54, 1.807) is 0 Å². The first-order valence-corrected chi connectivity index (χ1v) is 8.13. The van der Waals surface area contributed by atoms with E-state index in [2.05, 4.69) is 41.9 Å². The molecule has 2 N–H and O–H groups in total. The lowest BCUT2D eigenvalue weighted by Crippen LogP contribution is -2.06. The van der Waals surface area contributed by atoms with Crippen LogP contribution in [0.25, 0.3) is 0 Å². The zero-order valence-corrected chi connectivity index (χ0v) is 14.4. The fourth-order valence-electron chi connectivity index (χ4n) is 2.20.